The Bertz CT molecular complexity index is 557. The Kier molecular flexibility index (Phi) is 9.45. The number of hydrogen-bond acceptors (Lipinski definition) is 3. The number of likely N-dealkylation sites (tertiary alicyclic amines) is 1. The molecule has 4 nitrogen and oxygen atoms in total. The Hall–Kier alpha value is -1.26. The van der Waals surface area contributed by atoms with Crippen LogP contribution in [0.15, 0.2) is 24.3 Å². The molecule has 0 unspecified atom stereocenters. The van der Waals surface area contributed by atoms with Crippen molar-refractivity contribution < 1.29 is 9.53 Å². The molecule has 0 N–H and O–H groups in total. The molecule has 0 spiro atoms. The predicted octanol–water partition coefficient (Wildman–Crippen LogP) is 5.03. The zero-order valence-corrected chi connectivity index (χ0v) is 17.7. The molecule has 1 heterocycles. The van der Waals surface area contributed by atoms with Crippen LogP contribution in [0.25, 0.3) is 0 Å². The fraction of sp³-hybridized carbons (Fsp3) is 0.667. The van der Waals surface area contributed by atoms with Crippen LogP contribution in [0.2, 0.25) is 0 Å². The lowest BCUT2D eigenvalue weighted by atomic mass is 9.85. The molecule has 2 rings (SSSR count). The van der Waals surface area contributed by atoms with Gasteiger partial charge in [0.25, 0.3) is 0 Å². The number of carbonyl (C=O) groups is 1. The average Bonchev–Trinajstić information content (AvgIpc) is 2.55. The molecule has 0 radical (unpaired) electrons. The van der Waals surface area contributed by atoms with E-state index >= 15 is 0 Å². The van der Waals surface area contributed by atoms with E-state index in [9.17, 15) is 4.79 Å². The van der Waals surface area contributed by atoms with Crippen LogP contribution in [0.3, 0.4) is 0 Å². The molecule has 26 heavy (non-hydrogen) atoms. The smallest absolute Gasteiger partial charge is 0.410 e. The second kappa shape index (κ2) is 10.8. The molecule has 0 bridgehead atoms. The topological polar surface area (TPSA) is 32.8 Å². The molecule has 0 aromatic heterocycles. The van der Waals surface area contributed by atoms with Crippen LogP contribution >= 0.6 is 12.4 Å². The minimum absolute atomic E-state index is 0. The minimum atomic E-state index is -0.210. The zero-order chi connectivity index (χ0) is 18.4. The highest BCUT2D eigenvalue weighted by molar-refractivity contribution is 5.85. The van der Waals surface area contributed by atoms with Crippen molar-refractivity contribution in [2.24, 2.45) is 11.8 Å². The maximum Gasteiger partial charge on any atom is 0.415 e. The van der Waals surface area contributed by atoms with Gasteiger partial charge in [0, 0.05) is 19.6 Å². The Balaban J connectivity index is 0.00000338. The van der Waals surface area contributed by atoms with Gasteiger partial charge in [-0.05, 0) is 68.8 Å². The maximum absolute atomic E-state index is 12.4. The zero-order valence-electron chi connectivity index (χ0n) is 16.9. The van der Waals surface area contributed by atoms with Crippen molar-refractivity contribution in [3.63, 3.8) is 0 Å². The molecule has 148 valence electrons. The van der Waals surface area contributed by atoms with Gasteiger partial charge in [0.05, 0.1) is 0 Å². The normalized spacial score (nSPS) is 17.5. The molecule has 0 aliphatic carbocycles. The molecular formula is C21H35ClN2O2. The third-order valence-corrected chi connectivity index (χ3v) is 5.31. The Labute approximate surface area is 165 Å². The van der Waals surface area contributed by atoms with Crippen LogP contribution in [-0.2, 0) is 0 Å². The molecule has 1 aliphatic rings. The third kappa shape index (κ3) is 6.48. The molecule has 1 amide bonds. The lowest BCUT2D eigenvalue weighted by Crippen LogP contribution is -2.39. The first-order valence-corrected chi connectivity index (χ1v) is 9.62. The summed E-state index contributed by atoms with van der Waals surface area (Å²) in [6.45, 7) is 9.42. The third-order valence-electron chi connectivity index (χ3n) is 5.31. The lowest BCUT2D eigenvalue weighted by molar-refractivity contribution is 0.133. The van der Waals surface area contributed by atoms with E-state index < -0.39 is 0 Å². The number of halogens is 1. The van der Waals surface area contributed by atoms with Gasteiger partial charge in [-0.3, -0.25) is 0 Å². The first-order valence-electron chi connectivity index (χ1n) is 9.62. The molecule has 1 aliphatic heterocycles. The van der Waals surface area contributed by atoms with Crippen molar-refractivity contribution in [1.82, 2.24) is 9.80 Å². The van der Waals surface area contributed by atoms with Gasteiger partial charge in [0.2, 0.25) is 0 Å². The summed E-state index contributed by atoms with van der Waals surface area (Å²) in [5, 5.41) is 0. The summed E-state index contributed by atoms with van der Waals surface area (Å²) < 4.78 is 5.66. The van der Waals surface area contributed by atoms with Crippen LogP contribution in [0.5, 0.6) is 5.75 Å². The quantitative estimate of drug-likeness (QED) is 0.691. The largest absolute Gasteiger partial charge is 0.415 e. The summed E-state index contributed by atoms with van der Waals surface area (Å²) in [5.74, 6) is 2.39. The van der Waals surface area contributed by atoms with E-state index in [0.717, 1.165) is 38.9 Å². The highest BCUT2D eigenvalue weighted by Gasteiger charge is 2.23. The van der Waals surface area contributed by atoms with E-state index in [1.807, 2.05) is 23.1 Å². The van der Waals surface area contributed by atoms with E-state index in [2.05, 4.69) is 45.8 Å². The SMILES string of the molecule is CC[C@@H](c1cccc(OC(=O)N2CCC(C)CC2)c1)[C@@H](C)CN(C)C.Cl. The van der Waals surface area contributed by atoms with Gasteiger partial charge in [-0.2, -0.15) is 0 Å². The second-order valence-electron chi connectivity index (χ2n) is 7.86. The van der Waals surface area contributed by atoms with Crippen LogP contribution in [-0.4, -0.2) is 49.6 Å². The second-order valence-corrected chi connectivity index (χ2v) is 7.86. The summed E-state index contributed by atoms with van der Waals surface area (Å²) in [6, 6.07) is 8.09. The number of ether oxygens (including phenoxy) is 1. The van der Waals surface area contributed by atoms with Gasteiger partial charge < -0.3 is 14.5 Å². The summed E-state index contributed by atoms with van der Waals surface area (Å²) in [7, 11) is 4.22. The Morgan fingerprint density at radius 3 is 2.54 bits per heavy atom. The maximum atomic E-state index is 12.4. The van der Waals surface area contributed by atoms with Gasteiger partial charge in [0.15, 0.2) is 0 Å². The fourth-order valence-electron chi connectivity index (χ4n) is 3.84. The van der Waals surface area contributed by atoms with Gasteiger partial charge in [-0.1, -0.05) is 32.9 Å². The minimum Gasteiger partial charge on any atom is -0.410 e. The lowest BCUT2D eigenvalue weighted by Gasteiger charge is -2.29. The first-order chi connectivity index (χ1) is 11.9. The van der Waals surface area contributed by atoms with Crippen LogP contribution in [0, 0.1) is 11.8 Å². The summed E-state index contributed by atoms with van der Waals surface area (Å²) in [4.78, 5) is 16.5. The van der Waals surface area contributed by atoms with Crippen molar-refractivity contribution in [1.29, 1.82) is 0 Å². The number of benzene rings is 1. The van der Waals surface area contributed by atoms with Gasteiger partial charge >= 0.3 is 6.09 Å². The van der Waals surface area contributed by atoms with E-state index in [1.165, 1.54) is 5.56 Å². The summed E-state index contributed by atoms with van der Waals surface area (Å²) >= 11 is 0. The van der Waals surface area contributed by atoms with E-state index in [1.54, 1.807) is 0 Å². The molecular weight excluding hydrogens is 348 g/mol. The number of carbonyl (C=O) groups excluding carboxylic acids is 1. The van der Waals surface area contributed by atoms with Crippen molar-refractivity contribution in [3.8, 4) is 5.75 Å². The Morgan fingerprint density at radius 2 is 1.96 bits per heavy atom. The van der Waals surface area contributed by atoms with Gasteiger partial charge in [-0.25, -0.2) is 4.79 Å². The van der Waals surface area contributed by atoms with Crippen molar-refractivity contribution in [3.05, 3.63) is 29.8 Å². The number of piperidine rings is 1. The van der Waals surface area contributed by atoms with Crippen LogP contribution in [0.1, 0.15) is 51.5 Å². The van der Waals surface area contributed by atoms with E-state index in [-0.39, 0.29) is 18.5 Å². The van der Waals surface area contributed by atoms with Crippen molar-refractivity contribution >= 4 is 18.5 Å². The number of nitrogens with zero attached hydrogens (tertiary/aromatic N) is 2. The highest BCUT2D eigenvalue weighted by Crippen LogP contribution is 2.31. The van der Waals surface area contributed by atoms with E-state index in [0.29, 0.717) is 23.5 Å². The van der Waals surface area contributed by atoms with Crippen molar-refractivity contribution in [2.75, 3.05) is 33.7 Å². The standard InChI is InChI=1S/C21H34N2O2.ClH/c1-6-20(17(3)15-22(4)5)18-8-7-9-19(14-18)25-21(24)23-12-10-16(2)11-13-23;/h7-9,14,16-17,20H,6,10-13,15H2,1-5H3;1H/t17-,20+;/m0./s1. The predicted molar refractivity (Wildman–Crippen MR) is 110 cm³/mol. The van der Waals surface area contributed by atoms with Gasteiger partial charge in [0.1, 0.15) is 5.75 Å². The molecule has 1 aromatic carbocycles. The van der Waals surface area contributed by atoms with E-state index in [4.69, 9.17) is 4.74 Å². The first kappa shape index (κ1) is 22.8. The molecule has 1 aromatic rings. The molecule has 1 saturated heterocycles. The monoisotopic (exact) mass is 382 g/mol. The number of hydrogen-bond donors (Lipinski definition) is 0. The number of amides is 1. The molecule has 0 saturated carbocycles. The highest BCUT2D eigenvalue weighted by atomic mass is 35.5. The summed E-state index contributed by atoms with van der Waals surface area (Å²) in [6.07, 6.45) is 3.00. The molecule has 5 heteroatoms. The molecule has 2 atom stereocenters. The van der Waals surface area contributed by atoms with Crippen molar-refractivity contribution in [2.45, 2.75) is 46.0 Å². The van der Waals surface area contributed by atoms with Gasteiger partial charge in [-0.15, -0.1) is 12.4 Å². The molecule has 1 fully saturated rings. The average molecular weight is 383 g/mol. The van der Waals surface area contributed by atoms with Crippen LogP contribution in [0.4, 0.5) is 4.79 Å². The fourth-order valence-corrected chi connectivity index (χ4v) is 3.84. The summed E-state index contributed by atoms with van der Waals surface area (Å²) in [5.41, 5.74) is 1.26. The van der Waals surface area contributed by atoms with Crippen LogP contribution < -0.4 is 4.74 Å². The number of rotatable bonds is 6. The Morgan fingerprint density at radius 1 is 1.31 bits per heavy atom.